The first kappa shape index (κ1) is 25.3. The van der Waals surface area contributed by atoms with Crippen molar-refractivity contribution in [1.82, 2.24) is 14.8 Å². The molecule has 0 unspecified atom stereocenters. The third kappa shape index (κ3) is 6.34. The van der Waals surface area contributed by atoms with E-state index in [-0.39, 0.29) is 11.8 Å². The minimum Gasteiger partial charge on any atom is -0.457 e. The van der Waals surface area contributed by atoms with E-state index in [1.807, 2.05) is 49.5 Å². The second-order valence-corrected chi connectivity index (χ2v) is 9.84. The minimum absolute atomic E-state index is 0.0372. The summed E-state index contributed by atoms with van der Waals surface area (Å²) < 4.78 is 13.7. The van der Waals surface area contributed by atoms with Crippen LogP contribution < -0.4 is 10.1 Å². The highest BCUT2D eigenvalue weighted by Crippen LogP contribution is 2.36. The highest BCUT2D eigenvalue weighted by atomic mass is 35.5. The molecule has 0 saturated carbocycles. The van der Waals surface area contributed by atoms with Crippen LogP contribution >= 0.6 is 11.6 Å². The molecule has 1 saturated heterocycles. The van der Waals surface area contributed by atoms with E-state index in [2.05, 4.69) is 39.2 Å². The predicted octanol–water partition coefficient (Wildman–Crippen LogP) is 5.59. The Balaban J connectivity index is 1.38. The van der Waals surface area contributed by atoms with Crippen LogP contribution in [0.25, 0.3) is 10.9 Å². The third-order valence-electron chi connectivity index (χ3n) is 6.86. The van der Waals surface area contributed by atoms with Crippen LogP contribution in [0.5, 0.6) is 11.5 Å². The molecular weight excluding hydrogens is 486 g/mol. The summed E-state index contributed by atoms with van der Waals surface area (Å²) in [5.41, 5.74) is 3.31. The van der Waals surface area contributed by atoms with Crippen LogP contribution in [0.4, 0.5) is 0 Å². The number of nitrogens with one attached hydrogen (secondary N) is 1. The molecule has 1 aliphatic heterocycles. The standard InChI is InChI=1S/C30H32ClN3O3/c1-33-21-28(26-7-2-3-8-29(26)33)27(20-30(35)32-13-14-34-15-17-36-18-16-34)22-5-4-6-25(19-22)37-24-11-9-23(31)10-12-24/h2-12,19,21,27H,13-18,20H2,1H3,(H,32,35)/t27-/m0/s1. The number of fused-ring (bicyclic) bond motifs is 1. The van der Waals surface area contributed by atoms with Crippen LogP contribution in [0, 0.1) is 0 Å². The number of morpholine rings is 1. The predicted molar refractivity (Wildman–Crippen MR) is 148 cm³/mol. The SMILES string of the molecule is Cn1cc([C@@H](CC(=O)NCCN2CCOCC2)c2cccc(Oc3ccc(Cl)cc3)c2)c2ccccc21. The summed E-state index contributed by atoms with van der Waals surface area (Å²) in [5, 5.41) is 4.96. The van der Waals surface area contributed by atoms with E-state index < -0.39 is 0 Å². The molecule has 1 atom stereocenters. The Bertz CT molecular complexity index is 1350. The van der Waals surface area contributed by atoms with Gasteiger partial charge in [0.05, 0.1) is 13.2 Å². The third-order valence-corrected chi connectivity index (χ3v) is 7.11. The quantitative estimate of drug-likeness (QED) is 0.314. The normalized spacial score (nSPS) is 15.0. The van der Waals surface area contributed by atoms with E-state index in [9.17, 15) is 4.79 Å². The lowest BCUT2D eigenvalue weighted by atomic mass is 9.88. The van der Waals surface area contributed by atoms with Crippen LogP contribution in [-0.4, -0.2) is 54.8 Å². The minimum atomic E-state index is -0.122. The Morgan fingerprint density at radius 2 is 1.81 bits per heavy atom. The average Bonchev–Trinajstić information content (AvgIpc) is 3.25. The first-order valence-electron chi connectivity index (χ1n) is 12.7. The smallest absolute Gasteiger partial charge is 0.220 e. The zero-order valence-corrected chi connectivity index (χ0v) is 21.8. The molecule has 37 heavy (non-hydrogen) atoms. The molecule has 7 heteroatoms. The molecule has 3 aromatic carbocycles. The molecule has 2 heterocycles. The van der Waals surface area contributed by atoms with Gasteiger partial charge in [0.2, 0.25) is 5.91 Å². The number of nitrogens with zero attached hydrogens (tertiary/aromatic N) is 2. The Morgan fingerprint density at radius 1 is 1.03 bits per heavy atom. The van der Waals surface area contributed by atoms with Crippen LogP contribution in [0.3, 0.4) is 0 Å². The lowest BCUT2D eigenvalue weighted by Crippen LogP contribution is -2.41. The molecule has 1 N–H and O–H groups in total. The van der Waals surface area contributed by atoms with Gasteiger partial charge in [0, 0.05) is 67.7 Å². The fourth-order valence-electron chi connectivity index (χ4n) is 4.93. The van der Waals surface area contributed by atoms with Crippen molar-refractivity contribution in [2.45, 2.75) is 12.3 Å². The number of carbonyl (C=O) groups is 1. The Labute approximate surface area is 222 Å². The van der Waals surface area contributed by atoms with Crippen molar-refractivity contribution in [3.05, 3.63) is 95.1 Å². The van der Waals surface area contributed by atoms with Gasteiger partial charge in [-0.1, -0.05) is 41.9 Å². The Morgan fingerprint density at radius 3 is 2.62 bits per heavy atom. The number of hydrogen-bond donors (Lipinski definition) is 1. The topological polar surface area (TPSA) is 55.7 Å². The number of halogens is 1. The number of carbonyl (C=O) groups excluding carboxylic acids is 1. The van der Waals surface area contributed by atoms with Crippen molar-refractivity contribution in [2.24, 2.45) is 7.05 Å². The summed E-state index contributed by atoms with van der Waals surface area (Å²) in [6, 6.07) is 23.6. The number of aromatic nitrogens is 1. The molecule has 0 radical (unpaired) electrons. The van der Waals surface area contributed by atoms with Crippen molar-refractivity contribution in [3.8, 4) is 11.5 Å². The van der Waals surface area contributed by atoms with E-state index >= 15 is 0 Å². The molecule has 4 aromatic rings. The fourth-order valence-corrected chi connectivity index (χ4v) is 5.05. The zero-order valence-electron chi connectivity index (χ0n) is 21.0. The fraction of sp³-hybridized carbons (Fsp3) is 0.300. The number of benzene rings is 3. The number of hydrogen-bond acceptors (Lipinski definition) is 4. The highest BCUT2D eigenvalue weighted by molar-refractivity contribution is 6.30. The molecule has 1 aromatic heterocycles. The lowest BCUT2D eigenvalue weighted by Gasteiger charge is -2.26. The summed E-state index contributed by atoms with van der Waals surface area (Å²) >= 11 is 6.02. The number of aryl methyl sites for hydroxylation is 1. The maximum atomic E-state index is 13.2. The van der Waals surface area contributed by atoms with E-state index in [1.165, 1.54) is 0 Å². The van der Waals surface area contributed by atoms with Gasteiger partial charge in [-0.15, -0.1) is 0 Å². The van der Waals surface area contributed by atoms with Gasteiger partial charge in [-0.3, -0.25) is 9.69 Å². The summed E-state index contributed by atoms with van der Waals surface area (Å²) in [6.07, 6.45) is 2.49. The van der Waals surface area contributed by atoms with Crippen LogP contribution in [0.15, 0.2) is 79.0 Å². The number of amides is 1. The van der Waals surface area contributed by atoms with Crippen molar-refractivity contribution >= 4 is 28.4 Å². The molecular formula is C30H32ClN3O3. The van der Waals surface area contributed by atoms with Gasteiger partial charge in [-0.25, -0.2) is 0 Å². The first-order chi connectivity index (χ1) is 18.1. The monoisotopic (exact) mass is 517 g/mol. The maximum absolute atomic E-state index is 13.2. The summed E-state index contributed by atoms with van der Waals surface area (Å²) in [5.74, 6) is 1.35. The summed E-state index contributed by atoms with van der Waals surface area (Å²) in [4.78, 5) is 15.5. The van der Waals surface area contributed by atoms with Gasteiger partial charge in [-0.05, 0) is 53.6 Å². The Hall–Kier alpha value is -3.32. The van der Waals surface area contributed by atoms with E-state index in [0.29, 0.717) is 23.7 Å². The van der Waals surface area contributed by atoms with E-state index in [4.69, 9.17) is 21.1 Å². The average molecular weight is 518 g/mol. The Kier molecular flexibility index (Phi) is 8.09. The zero-order chi connectivity index (χ0) is 25.6. The highest BCUT2D eigenvalue weighted by Gasteiger charge is 2.23. The molecule has 0 aliphatic carbocycles. The first-order valence-corrected chi connectivity index (χ1v) is 13.1. The molecule has 1 amide bonds. The van der Waals surface area contributed by atoms with Crippen molar-refractivity contribution in [1.29, 1.82) is 0 Å². The molecule has 1 fully saturated rings. The van der Waals surface area contributed by atoms with Crippen molar-refractivity contribution in [2.75, 3.05) is 39.4 Å². The summed E-state index contributed by atoms with van der Waals surface area (Å²) in [6.45, 7) is 4.79. The molecule has 0 spiro atoms. The lowest BCUT2D eigenvalue weighted by molar-refractivity contribution is -0.121. The molecule has 0 bridgehead atoms. The number of rotatable bonds is 9. The van der Waals surface area contributed by atoms with E-state index in [1.54, 1.807) is 12.1 Å². The van der Waals surface area contributed by atoms with Crippen molar-refractivity contribution in [3.63, 3.8) is 0 Å². The second-order valence-electron chi connectivity index (χ2n) is 9.40. The van der Waals surface area contributed by atoms with Gasteiger partial charge in [-0.2, -0.15) is 0 Å². The van der Waals surface area contributed by atoms with Crippen LogP contribution in [0.2, 0.25) is 5.02 Å². The van der Waals surface area contributed by atoms with Gasteiger partial charge in [0.1, 0.15) is 11.5 Å². The molecule has 5 rings (SSSR count). The number of para-hydroxylation sites is 1. The van der Waals surface area contributed by atoms with E-state index in [0.717, 1.165) is 60.6 Å². The van der Waals surface area contributed by atoms with Crippen LogP contribution in [0.1, 0.15) is 23.5 Å². The van der Waals surface area contributed by atoms with Gasteiger partial charge >= 0.3 is 0 Å². The number of ether oxygens (including phenoxy) is 2. The van der Waals surface area contributed by atoms with Gasteiger partial charge in [0.15, 0.2) is 0 Å². The van der Waals surface area contributed by atoms with Crippen molar-refractivity contribution < 1.29 is 14.3 Å². The van der Waals surface area contributed by atoms with Gasteiger partial charge in [0.25, 0.3) is 0 Å². The maximum Gasteiger partial charge on any atom is 0.220 e. The second kappa shape index (κ2) is 11.8. The molecule has 6 nitrogen and oxygen atoms in total. The largest absolute Gasteiger partial charge is 0.457 e. The molecule has 192 valence electrons. The summed E-state index contributed by atoms with van der Waals surface area (Å²) in [7, 11) is 2.05. The van der Waals surface area contributed by atoms with Crippen LogP contribution in [-0.2, 0) is 16.6 Å². The van der Waals surface area contributed by atoms with Gasteiger partial charge < -0.3 is 19.4 Å². The molecule has 1 aliphatic rings.